The van der Waals surface area contributed by atoms with E-state index in [-0.39, 0.29) is 56.1 Å². The number of fused-ring (bicyclic) bond motifs is 3. The first-order valence-corrected chi connectivity index (χ1v) is 24.3. The van der Waals surface area contributed by atoms with Gasteiger partial charge in [0.1, 0.15) is 25.3 Å². The molecule has 0 radical (unpaired) electrons. The highest BCUT2D eigenvalue weighted by atomic mass is 32.2. The van der Waals surface area contributed by atoms with E-state index in [0.717, 1.165) is 34.1 Å². The Morgan fingerprint density at radius 2 is 1.54 bits per heavy atom. The highest BCUT2D eigenvalue weighted by Gasteiger charge is 2.37. The summed E-state index contributed by atoms with van der Waals surface area (Å²) in [6.07, 6.45) is 0.555. The molecule has 2 atom stereocenters. The molecule has 0 saturated carbocycles. The Hall–Kier alpha value is -5.21. The topological polar surface area (TPSA) is 204 Å². The number of carbonyl (C=O) groups excluding carboxylic acids is 4. The molecule has 0 aliphatic heterocycles. The molecule has 1 aliphatic carbocycles. The van der Waals surface area contributed by atoms with Crippen molar-refractivity contribution in [3.05, 3.63) is 89.0 Å². The van der Waals surface area contributed by atoms with E-state index in [1.807, 2.05) is 48.5 Å². The molecule has 5 amide bonds. The third-order valence-corrected chi connectivity index (χ3v) is 15.5. The summed E-state index contributed by atoms with van der Waals surface area (Å²) in [5.74, 6) is 3.93. The van der Waals surface area contributed by atoms with Crippen molar-refractivity contribution in [2.45, 2.75) is 90.2 Å². The molecule has 0 fully saturated rings. The van der Waals surface area contributed by atoms with Crippen molar-refractivity contribution in [1.82, 2.24) is 16.0 Å². The molecule has 3 aromatic rings. The molecule has 0 saturated heterocycles. The van der Waals surface area contributed by atoms with E-state index in [1.165, 1.54) is 0 Å². The minimum absolute atomic E-state index is 0.0533. The first-order valence-electron chi connectivity index (χ1n) is 19.5. The Labute approximate surface area is 349 Å². The molecular weight excluding hydrogens is 791 g/mol. The maximum absolute atomic E-state index is 13.9. The van der Waals surface area contributed by atoms with E-state index < -0.39 is 54.5 Å². The molecule has 1 aliphatic rings. The van der Waals surface area contributed by atoms with Crippen LogP contribution in [0, 0.1) is 17.8 Å². The van der Waals surface area contributed by atoms with Crippen molar-refractivity contribution in [2.24, 2.45) is 11.7 Å². The van der Waals surface area contributed by atoms with Crippen molar-refractivity contribution in [2.75, 3.05) is 31.3 Å². The SMILES string of the molecule is CC(C)[C@H](NC(=O)OCC1c2ccccc2-c2ccccc21)C(=O)N[C@@H](CCCNC(N)=O)C(=O)Nc1ccc(CO[Si](C)(C)C(C)(C)C)c(C#CCOS(C)(=O)=O)c1. The summed E-state index contributed by atoms with van der Waals surface area (Å²) in [6.45, 7) is 14.2. The number of amides is 5. The lowest BCUT2D eigenvalue weighted by Crippen LogP contribution is -2.54. The minimum Gasteiger partial charge on any atom is -0.449 e. The number of nitrogens with two attached hydrogens (primary N) is 1. The van der Waals surface area contributed by atoms with Crippen molar-refractivity contribution in [3.63, 3.8) is 0 Å². The second-order valence-electron chi connectivity index (χ2n) is 16.4. The Kier molecular flexibility index (Phi) is 15.9. The summed E-state index contributed by atoms with van der Waals surface area (Å²) >= 11 is 0. The molecule has 0 aromatic heterocycles. The van der Waals surface area contributed by atoms with Crippen molar-refractivity contribution in [3.8, 4) is 23.0 Å². The average molecular weight is 848 g/mol. The van der Waals surface area contributed by atoms with Crippen molar-refractivity contribution >= 4 is 48.1 Å². The Balaban J connectivity index is 1.50. The highest BCUT2D eigenvalue weighted by molar-refractivity contribution is 7.86. The lowest BCUT2D eigenvalue weighted by atomic mass is 9.98. The number of hydrogen-bond donors (Lipinski definition) is 5. The number of benzene rings is 3. The van der Waals surface area contributed by atoms with Crippen LogP contribution in [0.2, 0.25) is 18.1 Å². The predicted molar refractivity (Wildman–Crippen MR) is 230 cm³/mol. The zero-order valence-corrected chi connectivity index (χ0v) is 36.9. The van der Waals surface area contributed by atoms with Crippen LogP contribution < -0.4 is 27.0 Å². The largest absolute Gasteiger partial charge is 0.449 e. The predicted octanol–water partition coefficient (Wildman–Crippen LogP) is 5.97. The van der Waals surface area contributed by atoms with E-state index in [1.54, 1.807) is 32.0 Å². The van der Waals surface area contributed by atoms with Crippen LogP contribution >= 0.6 is 0 Å². The lowest BCUT2D eigenvalue weighted by molar-refractivity contribution is -0.128. The normalized spacial score (nSPS) is 13.6. The number of hydrogen-bond acceptors (Lipinski definition) is 9. The minimum atomic E-state index is -3.71. The van der Waals surface area contributed by atoms with Crippen LogP contribution in [0.5, 0.6) is 0 Å². The number of anilines is 1. The Bertz CT molecular complexity index is 2130. The highest BCUT2D eigenvalue weighted by Crippen LogP contribution is 2.44. The molecule has 0 unspecified atom stereocenters. The van der Waals surface area contributed by atoms with E-state index in [4.69, 9.17) is 19.1 Å². The molecule has 0 bridgehead atoms. The van der Waals surface area contributed by atoms with Crippen LogP contribution in [-0.2, 0) is 39.7 Å². The average Bonchev–Trinajstić information content (AvgIpc) is 3.47. The lowest BCUT2D eigenvalue weighted by Gasteiger charge is -2.36. The van der Waals surface area contributed by atoms with Crippen LogP contribution in [0.25, 0.3) is 11.1 Å². The summed E-state index contributed by atoms with van der Waals surface area (Å²) in [6, 6.07) is 18.1. The number of nitrogens with one attached hydrogen (secondary N) is 4. The first-order chi connectivity index (χ1) is 27.7. The van der Waals surface area contributed by atoms with Gasteiger partial charge in [0.15, 0.2) is 8.32 Å². The van der Waals surface area contributed by atoms with Gasteiger partial charge in [0, 0.05) is 23.7 Å². The molecule has 3 aromatic carbocycles. The fourth-order valence-electron chi connectivity index (χ4n) is 6.22. The van der Waals surface area contributed by atoms with Gasteiger partial charge >= 0.3 is 12.1 Å². The molecule has 318 valence electrons. The van der Waals surface area contributed by atoms with Gasteiger partial charge in [-0.1, -0.05) is 101 Å². The van der Waals surface area contributed by atoms with Gasteiger partial charge in [0.05, 0.1) is 12.9 Å². The van der Waals surface area contributed by atoms with Crippen LogP contribution in [-0.4, -0.2) is 78.8 Å². The van der Waals surface area contributed by atoms with E-state index in [0.29, 0.717) is 11.3 Å². The smallest absolute Gasteiger partial charge is 0.407 e. The summed E-state index contributed by atoms with van der Waals surface area (Å²) in [4.78, 5) is 52.3. The second-order valence-corrected chi connectivity index (χ2v) is 22.8. The van der Waals surface area contributed by atoms with Gasteiger partial charge in [-0.3, -0.25) is 13.8 Å². The van der Waals surface area contributed by atoms with Crippen LogP contribution in [0.15, 0.2) is 66.7 Å². The fourth-order valence-corrected chi connectivity index (χ4v) is 7.44. The van der Waals surface area contributed by atoms with Crippen LogP contribution in [0.4, 0.5) is 15.3 Å². The van der Waals surface area contributed by atoms with Gasteiger partial charge in [-0.15, -0.1) is 0 Å². The van der Waals surface area contributed by atoms with E-state index in [9.17, 15) is 27.6 Å². The van der Waals surface area contributed by atoms with Crippen LogP contribution in [0.3, 0.4) is 0 Å². The molecule has 6 N–H and O–H groups in total. The third-order valence-electron chi connectivity index (χ3n) is 10.5. The molecular formula is C43H57N5O9SSi. The molecule has 0 heterocycles. The number of primary amides is 1. The first kappa shape index (κ1) is 46.5. The van der Waals surface area contributed by atoms with Gasteiger partial charge < -0.3 is 36.2 Å². The van der Waals surface area contributed by atoms with E-state index in [2.05, 4.69) is 67.0 Å². The zero-order valence-electron chi connectivity index (χ0n) is 35.1. The quantitative estimate of drug-likeness (QED) is 0.0469. The molecule has 14 nitrogen and oxygen atoms in total. The second kappa shape index (κ2) is 20.2. The maximum atomic E-state index is 13.9. The zero-order chi connectivity index (χ0) is 43.5. The van der Waals surface area contributed by atoms with Crippen molar-refractivity contribution < 1.29 is 40.9 Å². The molecule has 59 heavy (non-hydrogen) atoms. The summed E-state index contributed by atoms with van der Waals surface area (Å²) < 4.78 is 39.9. The van der Waals surface area contributed by atoms with Gasteiger partial charge in [0.25, 0.3) is 10.1 Å². The van der Waals surface area contributed by atoms with Crippen LogP contribution in [0.1, 0.15) is 75.6 Å². The van der Waals surface area contributed by atoms with E-state index >= 15 is 0 Å². The van der Waals surface area contributed by atoms with Crippen molar-refractivity contribution in [1.29, 1.82) is 0 Å². The maximum Gasteiger partial charge on any atom is 0.407 e. The number of urea groups is 1. The summed E-state index contributed by atoms with van der Waals surface area (Å²) in [7, 11) is -5.87. The number of carbonyl (C=O) groups is 4. The van der Waals surface area contributed by atoms with Gasteiger partial charge in [-0.2, -0.15) is 8.42 Å². The molecule has 0 spiro atoms. The Morgan fingerprint density at radius 1 is 0.915 bits per heavy atom. The van der Waals surface area contributed by atoms with Gasteiger partial charge in [-0.05, 0) is 76.8 Å². The van der Waals surface area contributed by atoms with Gasteiger partial charge in [0.2, 0.25) is 11.8 Å². The van der Waals surface area contributed by atoms with Gasteiger partial charge in [-0.25, -0.2) is 9.59 Å². The Morgan fingerprint density at radius 3 is 2.12 bits per heavy atom. The number of alkyl carbamates (subject to hydrolysis) is 1. The number of ether oxygens (including phenoxy) is 1. The third kappa shape index (κ3) is 13.4. The number of rotatable bonds is 17. The summed E-state index contributed by atoms with van der Waals surface area (Å²) in [5.41, 5.74) is 11.1. The fraction of sp³-hybridized carbons (Fsp3) is 0.442. The molecule has 4 rings (SSSR count). The standard InChI is InChI=1S/C43H57N5O9SSi/c1-28(2)38(48-42(52)55-27-36-34-18-11-9-16-32(34)33-17-10-12-19-35(33)36)40(50)47-37(20-13-23-45-41(44)51)39(49)46-31-22-21-30(26-57-59(7,8)43(3,4)5)29(25-31)15-14-24-56-58(6,53)54/h9-12,16-19,21-22,25,28,36-38H,13,20,23-24,26-27H2,1-8H3,(H,46,49)(H,47,50)(H,48,52)(H3,44,45,51)/t37-,38-/m0/s1. The molecule has 16 heteroatoms. The monoisotopic (exact) mass is 847 g/mol. The summed E-state index contributed by atoms with van der Waals surface area (Å²) in [5, 5.41) is 10.8.